The number of rotatable bonds is 8. The summed E-state index contributed by atoms with van der Waals surface area (Å²) in [4.78, 5) is 2.49. The summed E-state index contributed by atoms with van der Waals surface area (Å²) in [5, 5.41) is 2.48. The summed E-state index contributed by atoms with van der Waals surface area (Å²) in [6, 6.07) is 91.1. The van der Waals surface area contributed by atoms with Gasteiger partial charge in [0, 0.05) is 16.9 Å². The van der Waals surface area contributed by atoms with E-state index in [2.05, 4.69) is 254 Å². The smallest absolute Gasteiger partial charge is 0.0714 e. The molecule has 1 nitrogen and oxygen atoms in total. The number of nitrogens with zero attached hydrogens (tertiary/aromatic N) is 1. The Labute approximate surface area is 352 Å². The molecule has 0 unspecified atom stereocenters. The van der Waals surface area contributed by atoms with Crippen molar-refractivity contribution in [1.82, 2.24) is 0 Å². The van der Waals surface area contributed by atoms with Crippen molar-refractivity contribution >= 4 is 27.8 Å². The lowest BCUT2D eigenvalue weighted by molar-refractivity contribution is 0.768. The monoisotopic (exact) mass is 763 g/mol. The van der Waals surface area contributed by atoms with E-state index in [-0.39, 0.29) is 0 Å². The topological polar surface area (TPSA) is 3.24 Å². The zero-order valence-corrected chi connectivity index (χ0v) is 33.1. The lowest BCUT2D eigenvalue weighted by Crippen LogP contribution is -2.28. The van der Waals surface area contributed by atoms with Gasteiger partial charge in [-0.1, -0.05) is 212 Å². The molecule has 1 aliphatic rings. The molecule has 0 spiro atoms. The average Bonchev–Trinajstić information content (AvgIpc) is 3.64. The minimum atomic E-state index is -0.514. The van der Waals surface area contributed by atoms with E-state index in [0.717, 1.165) is 17.1 Å². The zero-order valence-electron chi connectivity index (χ0n) is 33.1. The molecular formula is C59H41N. The van der Waals surface area contributed by atoms with Crippen molar-refractivity contribution in [2.24, 2.45) is 0 Å². The first kappa shape index (κ1) is 35.4. The van der Waals surface area contributed by atoms with Gasteiger partial charge in [-0.05, 0) is 108 Å². The van der Waals surface area contributed by atoms with Crippen LogP contribution in [-0.4, -0.2) is 0 Å². The number of hydrogen-bond acceptors (Lipinski definition) is 1. The molecule has 10 aromatic carbocycles. The van der Waals surface area contributed by atoms with Crippen LogP contribution >= 0.6 is 0 Å². The van der Waals surface area contributed by atoms with Crippen LogP contribution in [0.15, 0.2) is 249 Å². The Morgan fingerprint density at radius 2 is 0.767 bits per heavy atom. The summed E-state index contributed by atoms with van der Waals surface area (Å²) >= 11 is 0. The third-order valence-electron chi connectivity index (χ3n) is 12.3. The molecule has 0 N–H and O–H groups in total. The maximum absolute atomic E-state index is 2.49. The third-order valence-corrected chi connectivity index (χ3v) is 12.3. The first-order valence-electron chi connectivity index (χ1n) is 20.8. The van der Waals surface area contributed by atoms with Crippen molar-refractivity contribution in [3.63, 3.8) is 0 Å². The molecule has 282 valence electrons. The van der Waals surface area contributed by atoms with Gasteiger partial charge < -0.3 is 4.90 Å². The molecule has 11 rings (SSSR count). The van der Waals surface area contributed by atoms with Crippen LogP contribution in [0.1, 0.15) is 22.3 Å². The Kier molecular flexibility index (Phi) is 8.79. The number of benzene rings is 10. The van der Waals surface area contributed by atoms with Crippen molar-refractivity contribution in [3.8, 4) is 44.5 Å². The summed E-state index contributed by atoms with van der Waals surface area (Å²) in [5.41, 5.74) is 17.5. The van der Waals surface area contributed by atoms with Crippen LogP contribution in [0.25, 0.3) is 55.3 Å². The normalized spacial score (nSPS) is 12.5. The average molecular weight is 764 g/mol. The SMILES string of the molecule is c1ccc(-c2ccccc2-c2cccc(N(c3cccc(-c4ccc5ccccc5c4)c3)c3cccc4c3-c3ccccc3C4(c3ccccc3)c3ccccc3)c2)cc1. The zero-order chi connectivity index (χ0) is 39.9. The van der Waals surface area contributed by atoms with E-state index in [0.29, 0.717) is 0 Å². The maximum atomic E-state index is 2.49. The Balaban J connectivity index is 1.17. The van der Waals surface area contributed by atoms with Gasteiger partial charge in [-0.2, -0.15) is 0 Å². The van der Waals surface area contributed by atoms with Crippen LogP contribution in [0.4, 0.5) is 17.1 Å². The van der Waals surface area contributed by atoms with E-state index in [4.69, 9.17) is 0 Å². The molecule has 0 saturated carbocycles. The Hall–Kier alpha value is -7.74. The molecule has 10 aromatic rings. The van der Waals surface area contributed by atoms with E-state index in [1.165, 1.54) is 77.5 Å². The van der Waals surface area contributed by atoms with E-state index in [9.17, 15) is 0 Å². The molecule has 60 heavy (non-hydrogen) atoms. The van der Waals surface area contributed by atoms with Crippen molar-refractivity contribution in [3.05, 3.63) is 271 Å². The summed E-state index contributed by atoms with van der Waals surface area (Å²) in [6.07, 6.45) is 0. The van der Waals surface area contributed by atoms with Gasteiger partial charge in [-0.25, -0.2) is 0 Å². The fraction of sp³-hybridized carbons (Fsp3) is 0.0169. The lowest BCUT2D eigenvalue weighted by atomic mass is 9.68. The van der Waals surface area contributed by atoms with Crippen LogP contribution in [0.5, 0.6) is 0 Å². The predicted octanol–water partition coefficient (Wildman–Crippen LogP) is 15.7. The molecule has 0 radical (unpaired) electrons. The molecule has 0 saturated heterocycles. The summed E-state index contributed by atoms with van der Waals surface area (Å²) in [7, 11) is 0. The van der Waals surface area contributed by atoms with Crippen LogP contribution in [-0.2, 0) is 5.41 Å². The van der Waals surface area contributed by atoms with Crippen LogP contribution in [0, 0.1) is 0 Å². The van der Waals surface area contributed by atoms with E-state index in [1.54, 1.807) is 0 Å². The Morgan fingerprint density at radius 3 is 1.47 bits per heavy atom. The quantitative estimate of drug-likeness (QED) is 0.149. The minimum absolute atomic E-state index is 0.514. The number of hydrogen-bond donors (Lipinski definition) is 0. The summed E-state index contributed by atoms with van der Waals surface area (Å²) < 4.78 is 0. The van der Waals surface area contributed by atoms with Gasteiger partial charge in [-0.15, -0.1) is 0 Å². The molecule has 1 heteroatoms. The summed E-state index contributed by atoms with van der Waals surface area (Å²) in [5.74, 6) is 0. The molecule has 0 heterocycles. The van der Waals surface area contributed by atoms with E-state index < -0.39 is 5.41 Å². The van der Waals surface area contributed by atoms with Gasteiger partial charge in [0.1, 0.15) is 0 Å². The first-order valence-corrected chi connectivity index (χ1v) is 20.8. The summed E-state index contributed by atoms with van der Waals surface area (Å²) in [6.45, 7) is 0. The second kappa shape index (κ2) is 14.9. The van der Waals surface area contributed by atoms with Gasteiger partial charge in [-0.3, -0.25) is 0 Å². The second-order valence-electron chi connectivity index (χ2n) is 15.6. The molecule has 0 aliphatic heterocycles. The highest BCUT2D eigenvalue weighted by molar-refractivity contribution is 5.98. The van der Waals surface area contributed by atoms with Gasteiger partial charge in [0.05, 0.1) is 11.1 Å². The van der Waals surface area contributed by atoms with Gasteiger partial charge in [0.2, 0.25) is 0 Å². The molecule has 0 bridgehead atoms. The van der Waals surface area contributed by atoms with Crippen molar-refractivity contribution < 1.29 is 0 Å². The van der Waals surface area contributed by atoms with Gasteiger partial charge in [0.25, 0.3) is 0 Å². The van der Waals surface area contributed by atoms with Crippen molar-refractivity contribution in [2.45, 2.75) is 5.41 Å². The highest BCUT2D eigenvalue weighted by Crippen LogP contribution is 2.59. The molecule has 0 aromatic heterocycles. The standard InChI is InChI=1S/C59H41N/c1-4-20-43(21-5-1)52-31-12-13-32-53(52)47-24-17-30-51(41-47)60(50-29-16-23-45(40-50)46-38-37-42-19-10-11-22-44(42)39-46)57-36-18-35-56-58(57)54-33-14-15-34-55(54)59(56,48-25-6-2-7-26-48)49-27-8-3-9-28-49/h1-41H. The Bertz CT molecular complexity index is 3110. The largest absolute Gasteiger partial charge is 0.310 e. The molecule has 0 atom stereocenters. The second-order valence-corrected chi connectivity index (χ2v) is 15.6. The predicted molar refractivity (Wildman–Crippen MR) is 252 cm³/mol. The fourth-order valence-corrected chi connectivity index (χ4v) is 9.70. The highest BCUT2D eigenvalue weighted by atomic mass is 15.1. The van der Waals surface area contributed by atoms with Gasteiger partial charge >= 0.3 is 0 Å². The maximum Gasteiger partial charge on any atom is 0.0714 e. The number of anilines is 3. The van der Waals surface area contributed by atoms with Crippen LogP contribution in [0.3, 0.4) is 0 Å². The Morgan fingerprint density at radius 1 is 0.283 bits per heavy atom. The molecular weight excluding hydrogens is 723 g/mol. The van der Waals surface area contributed by atoms with Crippen LogP contribution in [0.2, 0.25) is 0 Å². The number of fused-ring (bicyclic) bond motifs is 4. The van der Waals surface area contributed by atoms with E-state index in [1.807, 2.05) is 0 Å². The lowest BCUT2D eigenvalue weighted by Gasteiger charge is -2.34. The molecule has 1 aliphatic carbocycles. The van der Waals surface area contributed by atoms with Crippen LogP contribution < -0.4 is 4.90 Å². The third kappa shape index (κ3) is 5.86. The fourth-order valence-electron chi connectivity index (χ4n) is 9.70. The molecule has 0 amide bonds. The highest BCUT2D eigenvalue weighted by Gasteiger charge is 2.47. The minimum Gasteiger partial charge on any atom is -0.310 e. The first-order chi connectivity index (χ1) is 29.8. The molecule has 0 fully saturated rings. The van der Waals surface area contributed by atoms with Gasteiger partial charge in [0.15, 0.2) is 0 Å². The van der Waals surface area contributed by atoms with E-state index >= 15 is 0 Å². The van der Waals surface area contributed by atoms with Crippen molar-refractivity contribution in [2.75, 3.05) is 4.90 Å². The van der Waals surface area contributed by atoms with Crippen molar-refractivity contribution in [1.29, 1.82) is 0 Å².